The van der Waals surface area contributed by atoms with Gasteiger partial charge in [-0.3, -0.25) is 9.89 Å². The molecule has 2 aliphatic rings. The molecule has 27 heavy (non-hydrogen) atoms. The van der Waals surface area contributed by atoms with E-state index in [2.05, 4.69) is 62.4 Å². The number of anilines is 1. The lowest BCUT2D eigenvalue weighted by atomic mass is 10.2. The molecule has 0 spiro atoms. The number of hydrogen-bond donors (Lipinski definition) is 1. The van der Waals surface area contributed by atoms with Crippen molar-refractivity contribution in [3.8, 4) is 0 Å². The lowest BCUT2D eigenvalue weighted by Crippen LogP contribution is -2.46. The zero-order valence-corrected chi connectivity index (χ0v) is 19.0. The Morgan fingerprint density at radius 3 is 2.67 bits per heavy atom. The smallest absolute Gasteiger partial charge is 0.193 e. The Morgan fingerprint density at radius 1 is 1.22 bits per heavy atom. The maximum Gasteiger partial charge on any atom is 0.193 e. The van der Waals surface area contributed by atoms with Crippen LogP contribution >= 0.6 is 24.0 Å². The van der Waals surface area contributed by atoms with Gasteiger partial charge in [-0.25, -0.2) is 0 Å². The van der Waals surface area contributed by atoms with Crippen LogP contribution in [0.4, 0.5) is 5.69 Å². The predicted octanol–water partition coefficient (Wildman–Crippen LogP) is 2.11. The van der Waals surface area contributed by atoms with E-state index >= 15 is 0 Å². The van der Waals surface area contributed by atoms with Crippen molar-refractivity contribution < 1.29 is 4.74 Å². The fourth-order valence-electron chi connectivity index (χ4n) is 3.84. The van der Waals surface area contributed by atoms with E-state index in [-0.39, 0.29) is 24.0 Å². The van der Waals surface area contributed by atoms with Crippen LogP contribution in [0.3, 0.4) is 0 Å². The lowest BCUT2D eigenvalue weighted by molar-refractivity contribution is 0.0195. The van der Waals surface area contributed by atoms with E-state index in [0.29, 0.717) is 6.04 Å². The molecule has 3 rings (SSSR count). The third kappa shape index (κ3) is 6.50. The molecule has 0 bridgehead atoms. The van der Waals surface area contributed by atoms with Gasteiger partial charge in [0.2, 0.25) is 0 Å². The van der Waals surface area contributed by atoms with Gasteiger partial charge in [0.05, 0.1) is 13.2 Å². The van der Waals surface area contributed by atoms with Gasteiger partial charge < -0.3 is 19.9 Å². The molecule has 1 unspecified atom stereocenters. The topological polar surface area (TPSA) is 43.3 Å². The highest BCUT2D eigenvalue weighted by Crippen LogP contribution is 2.17. The quantitative estimate of drug-likeness (QED) is 0.288. The highest BCUT2D eigenvalue weighted by Gasteiger charge is 2.30. The van der Waals surface area contributed by atoms with Gasteiger partial charge in [-0.2, -0.15) is 0 Å². The Morgan fingerprint density at radius 2 is 1.96 bits per heavy atom. The van der Waals surface area contributed by atoms with Crippen molar-refractivity contribution in [3.63, 3.8) is 0 Å². The van der Waals surface area contributed by atoms with Crippen LogP contribution in [0.1, 0.15) is 12.8 Å². The summed E-state index contributed by atoms with van der Waals surface area (Å²) in [4.78, 5) is 11.8. The molecule has 1 atom stereocenters. The highest BCUT2D eigenvalue weighted by molar-refractivity contribution is 14.0. The van der Waals surface area contributed by atoms with Crippen LogP contribution in [0, 0.1) is 0 Å². The minimum Gasteiger partial charge on any atom is -0.379 e. The van der Waals surface area contributed by atoms with Crippen LogP contribution in [0.25, 0.3) is 0 Å². The second kappa shape index (κ2) is 11.7. The molecule has 2 fully saturated rings. The second-order valence-corrected chi connectivity index (χ2v) is 7.12. The Kier molecular flexibility index (Phi) is 9.64. The van der Waals surface area contributed by atoms with Crippen LogP contribution in [-0.4, -0.2) is 88.4 Å². The maximum atomic E-state index is 5.48. The van der Waals surface area contributed by atoms with Crippen molar-refractivity contribution in [1.29, 1.82) is 0 Å². The average molecular weight is 487 g/mol. The third-order valence-corrected chi connectivity index (χ3v) is 5.39. The summed E-state index contributed by atoms with van der Waals surface area (Å²) in [6, 6.07) is 11.2. The van der Waals surface area contributed by atoms with Gasteiger partial charge in [-0.05, 0) is 25.0 Å². The van der Waals surface area contributed by atoms with Crippen molar-refractivity contribution >= 4 is 35.6 Å². The maximum absolute atomic E-state index is 5.48. The van der Waals surface area contributed by atoms with Gasteiger partial charge in [-0.1, -0.05) is 18.2 Å². The summed E-state index contributed by atoms with van der Waals surface area (Å²) in [5.74, 6) is 1.04. The van der Waals surface area contributed by atoms with Crippen molar-refractivity contribution in [1.82, 2.24) is 15.1 Å². The molecule has 1 N–H and O–H groups in total. The van der Waals surface area contributed by atoms with Crippen LogP contribution < -0.4 is 10.2 Å². The van der Waals surface area contributed by atoms with Crippen LogP contribution in [0.5, 0.6) is 0 Å². The molecule has 2 heterocycles. The predicted molar refractivity (Wildman–Crippen MR) is 123 cm³/mol. The molecule has 0 amide bonds. The van der Waals surface area contributed by atoms with Gasteiger partial charge in [0.15, 0.2) is 5.96 Å². The van der Waals surface area contributed by atoms with E-state index < -0.39 is 0 Å². The molecule has 0 aliphatic carbocycles. The number of nitrogens with one attached hydrogen (secondary N) is 1. The number of benzene rings is 1. The van der Waals surface area contributed by atoms with E-state index in [9.17, 15) is 0 Å². The molecule has 6 nitrogen and oxygen atoms in total. The number of halogens is 1. The Bertz CT molecular complexity index is 565. The highest BCUT2D eigenvalue weighted by atomic mass is 127. The number of para-hydroxylation sites is 1. The largest absolute Gasteiger partial charge is 0.379 e. The molecule has 7 heteroatoms. The minimum absolute atomic E-state index is 0. The monoisotopic (exact) mass is 487 g/mol. The molecule has 2 aliphatic heterocycles. The molecule has 0 saturated carbocycles. The van der Waals surface area contributed by atoms with E-state index in [4.69, 9.17) is 4.74 Å². The van der Waals surface area contributed by atoms with Gasteiger partial charge >= 0.3 is 0 Å². The second-order valence-electron chi connectivity index (χ2n) is 7.12. The first-order chi connectivity index (χ1) is 12.8. The number of likely N-dealkylation sites (tertiary alicyclic amines) is 1. The van der Waals surface area contributed by atoms with Gasteiger partial charge in [-0.15, -0.1) is 24.0 Å². The van der Waals surface area contributed by atoms with Crippen LogP contribution in [-0.2, 0) is 4.74 Å². The van der Waals surface area contributed by atoms with E-state index in [0.717, 1.165) is 64.9 Å². The molecule has 1 aromatic rings. The zero-order chi connectivity index (χ0) is 18.2. The summed E-state index contributed by atoms with van der Waals surface area (Å²) >= 11 is 0. The van der Waals surface area contributed by atoms with Crippen molar-refractivity contribution in [3.05, 3.63) is 30.3 Å². The average Bonchev–Trinajstić information content (AvgIpc) is 3.19. The van der Waals surface area contributed by atoms with Gasteiger partial charge in [0, 0.05) is 65.1 Å². The van der Waals surface area contributed by atoms with Crippen molar-refractivity contribution in [2.75, 3.05) is 71.5 Å². The zero-order valence-electron chi connectivity index (χ0n) is 16.6. The molecular formula is C20H34IN5O. The Balaban J connectivity index is 0.00000261. The SMILES string of the molecule is CN=C(NCCCN(C)c1ccccc1)N1CCC(N2CCOCC2)C1.I. The van der Waals surface area contributed by atoms with E-state index in [1.54, 1.807) is 0 Å². The van der Waals surface area contributed by atoms with E-state index in [1.807, 2.05) is 7.05 Å². The molecule has 1 aromatic carbocycles. The van der Waals surface area contributed by atoms with Gasteiger partial charge in [0.25, 0.3) is 0 Å². The summed E-state index contributed by atoms with van der Waals surface area (Å²) in [6.45, 7) is 8.02. The normalized spacial score (nSPS) is 21.0. The summed E-state index contributed by atoms with van der Waals surface area (Å²) in [5.41, 5.74) is 1.27. The Labute approximate surface area is 181 Å². The van der Waals surface area contributed by atoms with Crippen LogP contribution in [0.2, 0.25) is 0 Å². The molecule has 0 aromatic heterocycles. The summed E-state index contributed by atoms with van der Waals surface area (Å²) in [5, 5.41) is 3.55. The molecular weight excluding hydrogens is 453 g/mol. The fraction of sp³-hybridized carbons (Fsp3) is 0.650. The number of nitrogens with zero attached hydrogens (tertiary/aromatic N) is 4. The standard InChI is InChI=1S/C20H33N5O.HI/c1-21-20(22-10-6-11-23(2)18-7-4-3-5-8-18)25-12-9-19(17-25)24-13-15-26-16-14-24;/h3-5,7-8,19H,6,9-17H2,1-2H3,(H,21,22);1H. The summed E-state index contributed by atoms with van der Waals surface area (Å²) < 4.78 is 5.48. The molecule has 0 radical (unpaired) electrons. The number of rotatable bonds is 6. The third-order valence-electron chi connectivity index (χ3n) is 5.39. The number of ether oxygens (including phenoxy) is 1. The van der Waals surface area contributed by atoms with Crippen LogP contribution in [0.15, 0.2) is 35.3 Å². The van der Waals surface area contributed by atoms with Gasteiger partial charge in [0.1, 0.15) is 0 Å². The van der Waals surface area contributed by atoms with E-state index in [1.165, 1.54) is 12.1 Å². The fourth-order valence-corrected chi connectivity index (χ4v) is 3.84. The molecule has 2 saturated heterocycles. The van der Waals surface area contributed by atoms with Crippen molar-refractivity contribution in [2.24, 2.45) is 4.99 Å². The lowest BCUT2D eigenvalue weighted by Gasteiger charge is -2.32. The first-order valence-electron chi connectivity index (χ1n) is 9.81. The molecule has 152 valence electrons. The number of hydrogen-bond acceptors (Lipinski definition) is 4. The summed E-state index contributed by atoms with van der Waals surface area (Å²) in [6.07, 6.45) is 2.31. The Hall–Kier alpha value is -1.06. The van der Waals surface area contributed by atoms with Crippen molar-refractivity contribution in [2.45, 2.75) is 18.9 Å². The minimum atomic E-state index is 0. The number of aliphatic imine (C=N–C) groups is 1. The number of guanidine groups is 1. The first-order valence-corrected chi connectivity index (χ1v) is 9.81. The summed E-state index contributed by atoms with van der Waals surface area (Å²) in [7, 11) is 4.04. The first kappa shape index (κ1) is 22.2. The number of morpholine rings is 1.